The number of non-ortho nitro benzene ring substituents is 1. The van der Waals surface area contributed by atoms with Gasteiger partial charge in [-0.2, -0.15) is 5.26 Å². The average Bonchev–Trinajstić information content (AvgIpc) is 3.16. The van der Waals surface area contributed by atoms with Crippen LogP contribution in [0.25, 0.3) is 17.3 Å². The molecule has 0 fully saturated rings. The lowest BCUT2D eigenvalue weighted by Crippen LogP contribution is -2.15. The van der Waals surface area contributed by atoms with Gasteiger partial charge in [0.05, 0.1) is 23.3 Å². The fraction of sp³-hybridized carbons (Fsp3) is 0.105. The van der Waals surface area contributed by atoms with Gasteiger partial charge in [-0.05, 0) is 29.8 Å². The van der Waals surface area contributed by atoms with Crippen LogP contribution < -0.4 is 9.47 Å². The summed E-state index contributed by atoms with van der Waals surface area (Å²) in [5.74, 6) is 1.91. The normalized spacial score (nSPS) is 12.4. The van der Waals surface area contributed by atoms with Gasteiger partial charge in [-0.3, -0.25) is 14.7 Å². The Balaban J connectivity index is 1.83. The van der Waals surface area contributed by atoms with E-state index < -0.39 is 4.92 Å². The number of hydrogen-bond acceptors (Lipinski definition) is 7. The van der Waals surface area contributed by atoms with Crippen LogP contribution in [0.1, 0.15) is 17.2 Å². The fourth-order valence-corrected chi connectivity index (χ4v) is 2.91. The third kappa shape index (κ3) is 2.93. The van der Waals surface area contributed by atoms with E-state index in [1.807, 2.05) is 12.1 Å². The number of nitriles is 1. The maximum absolute atomic E-state index is 11.2. The Labute approximate surface area is 159 Å². The molecule has 138 valence electrons. The van der Waals surface area contributed by atoms with E-state index in [4.69, 9.17) is 9.47 Å². The average molecular weight is 375 g/mol. The van der Waals surface area contributed by atoms with Crippen molar-refractivity contribution in [2.45, 2.75) is 6.61 Å². The van der Waals surface area contributed by atoms with Crippen molar-refractivity contribution in [1.82, 2.24) is 14.8 Å². The van der Waals surface area contributed by atoms with E-state index in [2.05, 4.69) is 16.3 Å². The van der Waals surface area contributed by atoms with E-state index >= 15 is 0 Å². The zero-order valence-corrected chi connectivity index (χ0v) is 14.7. The first-order valence-electron chi connectivity index (χ1n) is 8.23. The molecule has 28 heavy (non-hydrogen) atoms. The molecule has 1 aliphatic heterocycles. The Bertz CT molecular complexity index is 1140. The largest absolute Gasteiger partial charge is 0.497 e. The van der Waals surface area contributed by atoms with Crippen molar-refractivity contribution in [2.75, 3.05) is 7.11 Å². The Kier molecular flexibility index (Phi) is 4.21. The van der Waals surface area contributed by atoms with Crippen LogP contribution in [-0.2, 0) is 6.61 Å². The predicted octanol–water partition coefficient (Wildman–Crippen LogP) is 3.14. The quantitative estimate of drug-likeness (QED) is 0.391. The number of methoxy groups -OCH3 is 1. The van der Waals surface area contributed by atoms with Crippen LogP contribution in [-0.4, -0.2) is 26.8 Å². The molecule has 0 saturated heterocycles. The number of nitrogens with zero attached hydrogens (tertiary/aromatic N) is 5. The van der Waals surface area contributed by atoms with Gasteiger partial charge in [-0.1, -0.05) is 12.1 Å². The van der Waals surface area contributed by atoms with Crippen molar-refractivity contribution < 1.29 is 14.4 Å². The van der Waals surface area contributed by atoms with Gasteiger partial charge >= 0.3 is 0 Å². The summed E-state index contributed by atoms with van der Waals surface area (Å²) in [5.41, 5.74) is 1.38. The maximum atomic E-state index is 11.2. The molecule has 0 amide bonds. The summed E-state index contributed by atoms with van der Waals surface area (Å²) in [5, 5.41) is 29.0. The number of nitro benzene ring substituents is 1. The molecule has 9 heteroatoms. The zero-order valence-electron chi connectivity index (χ0n) is 14.7. The first kappa shape index (κ1) is 17.2. The molecule has 1 aliphatic rings. The molecule has 9 nitrogen and oxygen atoms in total. The first-order chi connectivity index (χ1) is 13.6. The highest BCUT2D eigenvalue weighted by Crippen LogP contribution is 2.34. The van der Waals surface area contributed by atoms with E-state index in [-0.39, 0.29) is 17.9 Å². The van der Waals surface area contributed by atoms with Crippen LogP contribution in [0.2, 0.25) is 0 Å². The second-order valence-corrected chi connectivity index (χ2v) is 5.92. The Morgan fingerprint density at radius 1 is 1.32 bits per heavy atom. The molecule has 2 heterocycles. The highest BCUT2D eigenvalue weighted by molar-refractivity contribution is 5.88. The monoisotopic (exact) mass is 375 g/mol. The van der Waals surface area contributed by atoms with Crippen LogP contribution >= 0.6 is 0 Å². The lowest BCUT2D eigenvalue weighted by atomic mass is 10.1. The summed E-state index contributed by atoms with van der Waals surface area (Å²) in [6.45, 7) is 0.152. The van der Waals surface area contributed by atoms with Gasteiger partial charge in [0, 0.05) is 12.1 Å². The fourth-order valence-electron chi connectivity index (χ4n) is 2.91. The summed E-state index contributed by atoms with van der Waals surface area (Å²) in [7, 11) is 1.58. The van der Waals surface area contributed by atoms with Crippen molar-refractivity contribution in [1.29, 1.82) is 5.26 Å². The number of hydrogen-bond donors (Lipinski definition) is 0. The van der Waals surface area contributed by atoms with Crippen LogP contribution in [0.5, 0.6) is 11.5 Å². The molecule has 0 atom stereocenters. The smallest absolute Gasteiger partial charge is 0.271 e. The summed E-state index contributed by atoms with van der Waals surface area (Å²) in [4.78, 5) is 10.7. The number of allylic oxidation sites excluding steroid dienone is 1. The SMILES string of the molecule is COc1ccc(C=C(C#N)c2nnc3n2-c2cc([N+](=O)[O-])ccc2OC3)cc1. The number of benzene rings is 2. The molecule has 1 aromatic heterocycles. The van der Waals surface area contributed by atoms with Crippen LogP contribution in [0, 0.1) is 21.4 Å². The predicted molar refractivity (Wildman–Crippen MR) is 98.8 cm³/mol. The van der Waals surface area contributed by atoms with E-state index in [1.54, 1.807) is 29.9 Å². The second kappa shape index (κ2) is 6.85. The Hall–Kier alpha value is -4.19. The van der Waals surface area contributed by atoms with Gasteiger partial charge in [0.25, 0.3) is 5.69 Å². The molecule has 0 unspecified atom stereocenters. The van der Waals surface area contributed by atoms with Gasteiger partial charge < -0.3 is 9.47 Å². The molecule has 0 bridgehead atoms. The zero-order chi connectivity index (χ0) is 19.7. The minimum Gasteiger partial charge on any atom is -0.497 e. The Morgan fingerprint density at radius 2 is 2.11 bits per heavy atom. The van der Waals surface area contributed by atoms with E-state index in [1.165, 1.54) is 18.2 Å². The first-order valence-corrected chi connectivity index (χ1v) is 8.23. The third-order valence-electron chi connectivity index (χ3n) is 4.27. The number of ether oxygens (including phenoxy) is 2. The van der Waals surface area contributed by atoms with Gasteiger partial charge in [-0.15, -0.1) is 10.2 Å². The van der Waals surface area contributed by atoms with Crippen LogP contribution in [0.4, 0.5) is 5.69 Å². The summed E-state index contributed by atoms with van der Waals surface area (Å²) in [6.07, 6.45) is 1.67. The maximum Gasteiger partial charge on any atom is 0.271 e. The highest BCUT2D eigenvalue weighted by Gasteiger charge is 2.26. The number of fused-ring (bicyclic) bond motifs is 3. The minimum atomic E-state index is -0.489. The second-order valence-electron chi connectivity index (χ2n) is 5.92. The molecule has 0 radical (unpaired) electrons. The molecule has 4 rings (SSSR count). The van der Waals surface area contributed by atoms with E-state index in [9.17, 15) is 15.4 Å². The molecule has 0 N–H and O–H groups in total. The molecular weight excluding hydrogens is 362 g/mol. The highest BCUT2D eigenvalue weighted by atomic mass is 16.6. The summed E-state index contributed by atoms with van der Waals surface area (Å²) in [6, 6.07) is 13.6. The van der Waals surface area contributed by atoms with Gasteiger partial charge in [-0.25, -0.2) is 0 Å². The standard InChI is InChI=1S/C19H13N5O4/c1-27-15-5-2-12(3-6-15)8-13(10-20)19-22-21-18-11-28-17-7-4-14(24(25)26)9-16(17)23(18)19/h2-9H,11H2,1H3. The van der Waals surface area contributed by atoms with Crippen LogP contribution in [0.3, 0.4) is 0 Å². The number of aromatic nitrogens is 3. The minimum absolute atomic E-state index is 0.0903. The van der Waals surface area contributed by atoms with Gasteiger partial charge in [0.1, 0.15) is 24.2 Å². The molecule has 3 aromatic rings. The van der Waals surface area contributed by atoms with Crippen molar-refractivity contribution in [3.63, 3.8) is 0 Å². The molecule has 2 aromatic carbocycles. The summed E-state index contributed by atoms with van der Waals surface area (Å²) >= 11 is 0. The molecule has 0 aliphatic carbocycles. The lowest BCUT2D eigenvalue weighted by Gasteiger charge is -2.19. The van der Waals surface area contributed by atoms with Gasteiger partial charge in [0.15, 0.2) is 11.6 Å². The lowest BCUT2D eigenvalue weighted by molar-refractivity contribution is -0.384. The van der Waals surface area contributed by atoms with Crippen molar-refractivity contribution >= 4 is 17.3 Å². The molecule has 0 spiro atoms. The van der Waals surface area contributed by atoms with Gasteiger partial charge in [0.2, 0.25) is 0 Å². The topological polar surface area (TPSA) is 116 Å². The van der Waals surface area contributed by atoms with Crippen molar-refractivity contribution in [2.24, 2.45) is 0 Å². The third-order valence-corrected chi connectivity index (χ3v) is 4.27. The van der Waals surface area contributed by atoms with Crippen molar-refractivity contribution in [3.8, 4) is 23.3 Å². The van der Waals surface area contributed by atoms with E-state index in [0.717, 1.165) is 5.56 Å². The summed E-state index contributed by atoms with van der Waals surface area (Å²) < 4.78 is 12.3. The molecular formula is C19H13N5O4. The molecule has 0 saturated carbocycles. The van der Waals surface area contributed by atoms with Crippen LogP contribution in [0.15, 0.2) is 42.5 Å². The van der Waals surface area contributed by atoms with E-state index in [0.29, 0.717) is 28.8 Å². The number of rotatable bonds is 4. The Morgan fingerprint density at radius 3 is 2.79 bits per heavy atom. The number of nitro groups is 1. The van der Waals surface area contributed by atoms with Crippen molar-refractivity contribution in [3.05, 3.63) is 69.8 Å².